The van der Waals surface area contributed by atoms with Crippen molar-refractivity contribution in [3.8, 4) is 0 Å². The Balaban J connectivity index is 1.58. The second kappa shape index (κ2) is 5.44. The Hall–Kier alpha value is -2.37. The molecule has 3 amide bonds. The number of anilines is 1. The predicted octanol–water partition coefficient (Wildman–Crippen LogP) is 0.434. The third-order valence-corrected chi connectivity index (χ3v) is 4.43. The molecule has 3 rings (SSSR count). The van der Waals surface area contributed by atoms with Gasteiger partial charge in [-0.25, -0.2) is 0 Å². The topological polar surface area (TPSA) is 78.5 Å². The van der Waals surface area contributed by atoms with Gasteiger partial charge >= 0.3 is 0 Å². The number of rotatable bonds is 3. The molecule has 2 fully saturated rings. The zero-order chi connectivity index (χ0) is 15.7. The van der Waals surface area contributed by atoms with Gasteiger partial charge in [-0.3, -0.25) is 14.4 Å². The van der Waals surface area contributed by atoms with Crippen LogP contribution in [0.1, 0.15) is 19.8 Å². The number of hydrogen-bond donors (Lipinski definition) is 2. The molecular weight excluding hydrogens is 282 g/mol. The Morgan fingerprint density at radius 1 is 1.32 bits per heavy atom. The minimum absolute atomic E-state index is 0.0275. The van der Waals surface area contributed by atoms with E-state index in [0.29, 0.717) is 25.9 Å². The number of amides is 3. The minimum atomic E-state index is -0.638. The van der Waals surface area contributed by atoms with Gasteiger partial charge in [-0.1, -0.05) is 18.2 Å². The van der Waals surface area contributed by atoms with Gasteiger partial charge in [0.25, 0.3) is 5.91 Å². The lowest BCUT2D eigenvalue weighted by atomic mass is 9.81. The molecule has 2 heterocycles. The van der Waals surface area contributed by atoms with Crippen LogP contribution in [0.3, 0.4) is 0 Å². The van der Waals surface area contributed by atoms with E-state index in [1.54, 1.807) is 4.90 Å². The van der Waals surface area contributed by atoms with Gasteiger partial charge in [-0.2, -0.15) is 0 Å². The van der Waals surface area contributed by atoms with Crippen LogP contribution in [0.5, 0.6) is 0 Å². The highest BCUT2D eigenvalue weighted by Gasteiger charge is 2.43. The molecule has 6 nitrogen and oxygen atoms in total. The van der Waals surface area contributed by atoms with Crippen molar-refractivity contribution < 1.29 is 14.4 Å². The van der Waals surface area contributed by atoms with Crippen molar-refractivity contribution in [1.82, 2.24) is 10.6 Å². The first-order chi connectivity index (χ1) is 10.5. The number of nitrogens with zero attached hydrogens (tertiary/aromatic N) is 1. The van der Waals surface area contributed by atoms with Crippen LogP contribution in [0.2, 0.25) is 0 Å². The van der Waals surface area contributed by atoms with Gasteiger partial charge in [0.05, 0.1) is 12.0 Å². The molecular formula is C16H19N3O3. The molecule has 2 unspecified atom stereocenters. The number of carbonyl (C=O) groups is 3. The molecule has 0 spiro atoms. The summed E-state index contributed by atoms with van der Waals surface area (Å²) in [5.41, 5.74) is 0.204. The highest BCUT2D eigenvalue weighted by Crippen LogP contribution is 2.27. The highest BCUT2D eigenvalue weighted by molar-refractivity contribution is 6.06. The van der Waals surface area contributed by atoms with Crippen molar-refractivity contribution in [2.24, 2.45) is 5.41 Å². The van der Waals surface area contributed by atoms with Crippen LogP contribution >= 0.6 is 0 Å². The van der Waals surface area contributed by atoms with Gasteiger partial charge < -0.3 is 15.5 Å². The minimum Gasteiger partial charge on any atom is -0.355 e. The molecule has 2 aliphatic heterocycles. The van der Waals surface area contributed by atoms with Crippen LogP contribution in [-0.2, 0) is 14.4 Å². The SMILES string of the molecule is CC1(C(=O)NC2CN(c3ccccc3)C2=O)CCC(=O)NC1. The molecule has 2 aliphatic rings. The van der Waals surface area contributed by atoms with Crippen LogP contribution in [0.25, 0.3) is 0 Å². The van der Waals surface area contributed by atoms with Crippen LogP contribution in [0, 0.1) is 5.41 Å². The van der Waals surface area contributed by atoms with Gasteiger partial charge in [-0.15, -0.1) is 0 Å². The summed E-state index contributed by atoms with van der Waals surface area (Å²) in [6.07, 6.45) is 0.854. The lowest BCUT2D eigenvalue weighted by molar-refractivity contribution is -0.138. The lowest BCUT2D eigenvalue weighted by Gasteiger charge is -2.41. The molecule has 2 N–H and O–H groups in total. The summed E-state index contributed by atoms with van der Waals surface area (Å²) >= 11 is 0. The van der Waals surface area contributed by atoms with E-state index in [1.807, 2.05) is 37.3 Å². The Morgan fingerprint density at radius 2 is 2.05 bits per heavy atom. The van der Waals surface area contributed by atoms with Gasteiger partial charge in [-0.05, 0) is 25.5 Å². The molecule has 0 aromatic heterocycles. The van der Waals surface area contributed by atoms with Gasteiger partial charge in [0.1, 0.15) is 6.04 Å². The van der Waals surface area contributed by atoms with Crippen molar-refractivity contribution in [3.63, 3.8) is 0 Å². The van der Waals surface area contributed by atoms with E-state index in [4.69, 9.17) is 0 Å². The maximum Gasteiger partial charge on any atom is 0.251 e. The Bertz CT molecular complexity index is 604. The fourth-order valence-corrected chi connectivity index (χ4v) is 2.76. The summed E-state index contributed by atoms with van der Waals surface area (Å²) in [4.78, 5) is 37.4. The van der Waals surface area contributed by atoms with Crippen molar-refractivity contribution in [2.45, 2.75) is 25.8 Å². The second-order valence-electron chi connectivity index (χ2n) is 6.15. The third kappa shape index (κ3) is 2.56. The number of para-hydroxylation sites is 1. The molecule has 6 heteroatoms. The van der Waals surface area contributed by atoms with E-state index in [1.165, 1.54) is 0 Å². The van der Waals surface area contributed by atoms with E-state index < -0.39 is 11.5 Å². The van der Waals surface area contributed by atoms with Crippen LogP contribution in [0.15, 0.2) is 30.3 Å². The van der Waals surface area contributed by atoms with Crippen molar-refractivity contribution in [2.75, 3.05) is 18.0 Å². The zero-order valence-corrected chi connectivity index (χ0v) is 12.5. The zero-order valence-electron chi connectivity index (χ0n) is 12.5. The first kappa shape index (κ1) is 14.6. The molecule has 0 radical (unpaired) electrons. The fourth-order valence-electron chi connectivity index (χ4n) is 2.76. The van der Waals surface area contributed by atoms with Crippen LogP contribution < -0.4 is 15.5 Å². The maximum atomic E-state index is 12.4. The molecule has 2 saturated heterocycles. The number of nitrogens with one attached hydrogen (secondary N) is 2. The van der Waals surface area contributed by atoms with Gasteiger partial charge in [0, 0.05) is 18.7 Å². The number of benzene rings is 1. The van der Waals surface area contributed by atoms with E-state index in [9.17, 15) is 14.4 Å². The van der Waals surface area contributed by atoms with Gasteiger partial charge in [0.15, 0.2) is 0 Å². The summed E-state index contributed by atoms with van der Waals surface area (Å²) < 4.78 is 0. The standard InChI is InChI=1S/C16H19N3O3/c1-16(8-7-13(20)17-10-16)15(22)18-12-9-19(14(12)21)11-5-3-2-4-6-11/h2-6,12H,7-10H2,1H3,(H,17,20)(H,18,22). The number of piperidine rings is 1. The first-order valence-electron chi connectivity index (χ1n) is 7.44. The molecule has 1 aromatic rings. The number of carbonyl (C=O) groups excluding carboxylic acids is 3. The second-order valence-corrected chi connectivity index (χ2v) is 6.15. The van der Waals surface area contributed by atoms with Crippen LogP contribution in [-0.4, -0.2) is 36.9 Å². The largest absolute Gasteiger partial charge is 0.355 e. The molecule has 0 bridgehead atoms. The highest BCUT2D eigenvalue weighted by atomic mass is 16.2. The van der Waals surface area contributed by atoms with E-state index in [2.05, 4.69) is 10.6 Å². The predicted molar refractivity (Wildman–Crippen MR) is 81.1 cm³/mol. The molecule has 1 aromatic carbocycles. The Kier molecular flexibility index (Phi) is 3.60. The van der Waals surface area contributed by atoms with E-state index in [-0.39, 0.29) is 17.7 Å². The molecule has 116 valence electrons. The maximum absolute atomic E-state index is 12.4. The quantitative estimate of drug-likeness (QED) is 0.795. The van der Waals surface area contributed by atoms with Crippen molar-refractivity contribution in [3.05, 3.63) is 30.3 Å². The first-order valence-corrected chi connectivity index (χ1v) is 7.44. The van der Waals surface area contributed by atoms with Crippen molar-refractivity contribution in [1.29, 1.82) is 0 Å². The summed E-state index contributed by atoms with van der Waals surface area (Å²) in [5.74, 6) is -0.290. The molecule has 0 saturated carbocycles. The van der Waals surface area contributed by atoms with E-state index >= 15 is 0 Å². The Labute approximate surface area is 128 Å². The van der Waals surface area contributed by atoms with Crippen LogP contribution in [0.4, 0.5) is 5.69 Å². The van der Waals surface area contributed by atoms with Gasteiger partial charge in [0.2, 0.25) is 11.8 Å². The van der Waals surface area contributed by atoms with E-state index in [0.717, 1.165) is 5.69 Å². The number of β-lactam (4-membered cyclic amide) rings is 1. The summed E-state index contributed by atoms with van der Waals surface area (Å²) in [6.45, 7) is 2.62. The lowest BCUT2D eigenvalue weighted by Crippen LogP contribution is -2.66. The summed E-state index contributed by atoms with van der Waals surface area (Å²) in [5, 5.41) is 5.52. The molecule has 2 atom stereocenters. The molecule has 22 heavy (non-hydrogen) atoms. The third-order valence-electron chi connectivity index (χ3n) is 4.43. The normalized spacial score (nSPS) is 27.9. The monoisotopic (exact) mass is 301 g/mol. The average molecular weight is 301 g/mol. The fraction of sp³-hybridized carbons (Fsp3) is 0.438. The average Bonchev–Trinajstić information content (AvgIpc) is 2.54. The van der Waals surface area contributed by atoms with Crippen molar-refractivity contribution >= 4 is 23.4 Å². The number of hydrogen-bond acceptors (Lipinski definition) is 3. The summed E-state index contributed by atoms with van der Waals surface area (Å²) in [6, 6.07) is 8.91. The smallest absolute Gasteiger partial charge is 0.251 e. The molecule has 0 aliphatic carbocycles. The Morgan fingerprint density at radius 3 is 2.64 bits per heavy atom. The summed E-state index contributed by atoms with van der Waals surface area (Å²) in [7, 11) is 0.